The van der Waals surface area contributed by atoms with Gasteiger partial charge in [-0.05, 0) is 12.8 Å². The second-order valence-corrected chi connectivity index (χ2v) is 5.21. The van der Waals surface area contributed by atoms with Gasteiger partial charge >= 0.3 is 5.97 Å². The molecule has 1 fully saturated rings. The van der Waals surface area contributed by atoms with Crippen molar-refractivity contribution in [1.82, 2.24) is 0 Å². The summed E-state index contributed by atoms with van der Waals surface area (Å²) in [7, 11) is 0. The highest BCUT2D eigenvalue weighted by Crippen LogP contribution is 2.23. The van der Waals surface area contributed by atoms with Crippen molar-refractivity contribution in [2.45, 2.75) is 55.7 Å². The molecule has 0 radical (unpaired) electrons. The number of hydrogen-bond donors (Lipinski definition) is 7. The summed E-state index contributed by atoms with van der Waals surface area (Å²) in [6.07, 6.45) is -7.28. The first kappa shape index (κ1) is 19.2. The number of carbonyl (C=O) groups is 1. The van der Waals surface area contributed by atoms with Crippen molar-refractivity contribution in [1.29, 1.82) is 0 Å². The number of ether oxygens (including phenoxy) is 2. The van der Waals surface area contributed by atoms with Crippen molar-refractivity contribution < 1.29 is 39.8 Å². The van der Waals surface area contributed by atoms with E-state index in [0.29, 0.717) is 0 Å². The number of carboxylic acid groups (broad SMARTS) is 1. The van der Waals surface area contributed by atoms with Crippen LogP contribution in [-0.4, -0.2) is 87.5 Å². The van der Waals surface area contributed by atoms with Gasteiger partial charge in [-0.25, -0.2) is 0 Å². The van der Waals surface area contributed by atoms with Gasteiger partial charge in [-0.1, -0.05) is 0 Å². The number of hydrogen-bond acceptors (Lipinski definition) is 9. The summed E-state index contributed by atoms with van der Waals surface area (Å²) in [5.41, 5.74) is 10.9. The van der Waals surface area contributed by atoms with Gasteiger partial charge in [0.15, 0.2) is 6.29 Å². The second kappa shape index (κ2) is 8.70. The Morgan fingerprint density at radius 2 is 1.82 bits per heavy atom. The minimum Gasteiger partial charge on any atom is -0.480 e. The Morgan fingerprint density at radius 3 is 2.32 bits per heavy atom. The van der Waals surface area contributed by atoms with Crippen LogP contribution in [0.3, 0.4) is 0 Å². The zero-order chi connectivity index (χ0) is 16.9. The van der Waals surface area contributed by atoms with Crippen LogP contribution in [0.25, 0.3) is 0 Å². The number of carboxylic acids is 1. The minimum absolute atomic E-state index is 0.0152. The maximum Gasteiger partial charge on any atom is 0.320 e. The zero-order valence-corrected chi connectivity index (χ0v) is 12.0. The molecule has 0 aliphatic carbocycles. The van der Waals surface area contributed by atoms with Crippen LogP contribution in [0.4, 0.5) is 0 Å². The third kappa shape index (κ3) is 4.83. The Hall–Kier alpha value is -0.850. The maximum absolute atomic E-state index is 10.7. The molecule has 0 bridgehead atoms. The monoisotopic (exact) mass is 324 g/mol. The summed E-state index contributed by atoms with van der Waals surface area (Å²) in [4.78, 5) is 10.7. The molecule has 10 nitrogen and oxygen atoms in total. The molecule has 0 saturated carbocycles. The molecule has 22 heavy (non-hydrogen) atoms. The Kier molecular flexibility index (Phi) is 7.59. The summed E-state index contributed by atoms with van der Waals surface area (Å²) in [6, 6.07) is -1.06. The first-order chi connectivity index (χ1) is 10.3. The summed E-state index contributed by atoms with van der Waals surface area (Å²) >= 11 is 0. The molecule has 1 rings (SSSR count). The fourth-order valence-electron chi connectivity index (χ4n) is 2.10. The highest BCUT2D eigenvalue weighted by Gasteiger charge is 2.44. The quantitative estimate of drug-likeness (QED) is 0.234. The van der Waals surface area contributed by atoms with E-state index in [1.165, 1.54) is 0 Å². The fraction of sp³-hybridized carbons (Fsp3) is 0.917. The molecule has 130 valence electrons. The average Bonchev–Trinajstić information content (AvgIpc) is 2.50. The lowest BCUT2D eigenvalue weighted by Gasteiger charge is -2.40. The molecular weight excluding hydrogens is 300 g/mol. The fourth-order valence-corrected chi connectivity index (χ4v) is 2.10. The standard InChI is InChI=1S/C12H24N2O8/c13-3-5(1-2-6(14)11(19)20)21-12-10(18)9(17)8(16)7(4-15)22-12/h5-10,12,15-18H,1-4,13-14H2,(H,19,20)/t5?,6-,7+,8-,9-,10+,12+/m0/s1. The Morgan fingerprint density at radius 1 is 1.18 bits per heavy atom. The first-order valence-electron chi connectivity index (χ1n) is 6.96. The molecule has 9 N–H and O–H groups in total. The predicted molar refractivity (Wildman–Crippen MR) is 72.5 cm³/mol. The molecule has 1 saturated heterocycles. The number of aliphatic hydroxyl groups is 4. The molecule has 1 unspecified atom stereocenters. The van der Waals surface area contributed by atoms with Gasteiger partial charge in [-0.2, -0.15) is 0 Å². The van der Waals surface area contributed by atoms with E-state index in [1.807, 2.05) is 0 Å². The molecule has 0 aromatic rings. The van der Waals surface area contributed by atoms with Crippen molar-refractivity contribution in [3.05, 3.63) is 0 Å². The van der Waals surface area contributed by atoms with Gasteiger partial charge in [0, 0.05) is 6.54 Å². The Balaban J connectivity index is 2.59. The zero-order valence-electron chi connectivity index (χ0n) is 12.0. The predicted octanol–water partition coefficient (Wildman–Crippen LogP) is -3.68. The number of aliphatic hydroxyl groups excluding tert-OH is 4. The smallest absolute Gasteiger partial charge is 0.320 e. The lowest BCUT2D eigenvalue weighted by molar-refractivity contribution is -0.310. The molecule has 1 aliphatic rings. The Bertz CT molecular complexity index is 356. The van der Waals surface area contributed by atoms with Gasteiger partial charge in [0.1, 0.15) is 30.5 Å². The number of aliphatic carboxylic acids is 1. The number of nitrogens with two attached hydrogens (primary N) is 2. The van der Waals surface area contributed by atoms with Crippen molar-refractivity contribution in [3.8, 4) is 0 Å². The number of rotatable bonds is 8. The van der Waals surface area contributed by atoms with Crippen LogP contribution in [-0.2, 0) is 14.3 Å². The van der Waals surface area contributed by atoms with Crippen LogP contribution in [0, 0.1) is 0 Å². The molecule has 7 atom stereocenters. The van der Waals surface area contributed by atoms with E-state index in [1.54, 1.807) is 0 Å². The molecule has 1 aliphatic heterocycles. The second-order valence-electron chi connectivity index (χ2n) is 5.21. The summed E-state index contributed by atoms with van der Waals surface area (Å²) < 4.78 is 10.6. The van der Waals surface area contributed by atoms with Crippen LogP contribution < -0.4 is 11.5 Å². The largest absolute Gasteiger partial charge is 0.480 e. The molecule has 0 amide bonds. The summed E-state index contributed by atoms with van der Waals surface area (Å²) in [5, 5.41) is 46.9. The van der Waals surface area contributed by atoms with Crippen LogP contribution in [0.15, 0.2) is 0 Å². The minimum atomic E-state index is -1.55. The van der Waals surface area contributed by atoms with Crippen molar-refractivity contribution in [3.63, 3.8) is 0 Å². The van der Waals surface area contributed by atoms with Crippen molar-refractivity contribution in [2.75, 3.05) is 13.2 Å². The van der Waals surface area contributed by atoms with Crippen LogP contribution in [0.1, 0.15) is 12.8 Å². The van der Waals surface area contributed by atoms with Gasteiger partial charge < -0.3 is 46.5 Å². The van der Waals surface area contributed by atoms with Gasteiger partial charge in [0.05, 0.1) is 12.7 Å². The van der Waals surface area contributed by atoms with E-state index >= 15 is 0 Å². The van der Waals surface area contributed by atoms with E-state index in [4.69, 9.17) is 31.2 Å². The van der Waals surface area contributed by atoms with Crippen LogP contribution in [0.2, 0.25) is 0 Å². The molecule has 1 heterocycles. The van der Waals surface area contributed by atoms with Crippen molar-refractivity contribution >= 4 is 5.97 Å². The van der Waals surface area contributed by atoms with E-state index in [-0.39, 0.29) is 19.4 Å². The van der Waals surface area contributed by atoms with Crippen LogP contribution >= 0.6 is 0 Å². The van der Waals surface area contributed by atoms with E-state index < -0.39 is 55.4 Å². The summed E-state index contributed by atoms with van der Waals surface area (Å²) in [6.45, 7) is -0.552. The van der Waals surface area contributed by atoms with E-state index in [9.17, 15) is 20.1 Å². The average molecular weight is 324 g/mol. The third-order valence-corrected chi connectivity index (χ3v) is 3.55. The third-order valence-electron chi connectivity index (χ3n) is 3.55. The van der Waals surface area contributed by atoms with Gasteiger partial charge in [0.2, 0.25) is 0 Å². The van der Waals surface area contributed by atoms with E-state index in [0.717, 1.165) is 0 Å². The maximum atomic E-state index is 10.7. The molecule has 10 heteroatoms. The molecule has 0 spiro atoms. The van der Waals surface area contributed by atoms with Gasteiger partial charge in [0.25, 0.3) is 0 Å². The molecular formula is C12H24N2O8. The first-order valence-corrected chi connectivity index (χ1v) is 6.96. The Labute approximate surface area is 127 Å². The molecule has 0 aromatic carbocycles. The lowest BCUT2D eigenvalue weighted by Crippen LogP contribution is -2.60. The van der Waals surface area contributed by atoms with Gasteiger partial charge in [-0.15, -0.1) is 0 Å². The SMILES string of the molecule is NCC(CC[C@H](N)C(=O)O)O[C@@H]1O[C@H](CO)[C@H](O)[C@H](O)[C@H]1O. The van der Waals surface area contributed by atoms with Crippen molar-refractivity contribution in [2.24, 2.45) is 11.5 Å². The van der Waals surface area contributed by atoms with E-state index in [2.05, 4.69) is 0 Å². The van der Waals surface area contributed by atoms with Gasteiger partial charge in [-0.3, -0.25) is 4.79 Å². The molecule has 0 aromatic heterocycles. The van der Waals surface area contributed by atoms with Crippen LogP contribution in [0.5, 0.6) is 0 Å². The summed E-state index contributed by atoms with van der Waals surface area (Å²) in [5.74, 6) is -1.15. The highest BCUT2D eigenvalue weighted by molar-refractivity contribution is 5.72. The topological polar surface area (TPSA) is 189 Å². The lowest BCUT2D eigenvalue weighted by atomic mass is 9.99. The highest BCUT2D eigenvalue weighted by atomic mass is 16.7. The normalized spacial score (nSPS) is 35.1.